The lowest BCUT2D eigenvalue weighted by Gasteiger charge is -2.12. The van der Waals surface area contributed by atoms with Crippen molar-refractivity contribution in [2.24, 2.45) is 0 Å². The molecule has 0 aliphatic rings. The molecule has 2 heterocycles. The second kappa shape index (κ2) is 5.81. The molecule has 0 radical (unpaired) electrons. The summed E-state index contributed by atoms with van der Waals surface area (Å²) >= 11 is 7.01. The van der Waals surface area contributed by atoms with Crippen LogP contribution in [0.4, 0.5) is 0 Å². The number of rotatable bonds is 4. The summed E-state index contributed by atoms with van der Waals surface area (Å²) in [5.41, 5.74) is 0.0790. The van der Waals surface area contributed by atoms with Crippen LogP contribution in [0.15, 0.2) is 35.8 Å². The first kappa shape index (κ1) is 13.5. The highest BCUT2D eigenvalue weighted by Crippen LogP contribution is 2.19. The van der Waals surface area contributed by atoms with Crippen molar-refractivity contribution in [3.63, 3.8) is 0 Å². The molecule has 1 unspecified atom stereocenters. The number of amides is 1. The Balaban J connectivity index is 2.19. The Kier molecular flexibility index (Phi) is 4.13. The fourth-order valence-electron chi connectivity index (χ4n) is 1.44. The van der Waals surface area contributed by atoms with E-state index in [1.165, 1.54) is 29.7 Å². The molecule has 0 spiro atoms. The third-order valence-corrected chi connectivity index (χ3v) is 3.48. The zero-order valence-corrected chi connectivity index (χ0v) is 11.1. The molecule has 7 heteroatoms. The van der Waals surface area contributed by atoms with E-state index in [1.807, 2.05) is 0 Å². The molecule has 2 rings (SSSR count). The summed E-state index contributed by atoms with van der Waals surface area (Å²) in [5, 5.41) is 13.7. The number of thiophene rings is 1. The molecule has 0 aliphatic carbocycles. The van der Waals surface area contributed by atoms with E-state index in [0.29, 0.717) is 9.90 Å². The van der Waals surface area contributed by atoms with Crippen molar-refractivity contribution in [2.75, 3.05) is 0 Å². The summed E-state index contributed by atoms with van der Waals surface area (Å²) in [6, 6.07) is 5.19. The average Bonchev–Trinajstić information content (AvgIpc) is 2.88. The lowest BCUT2D eigenvalue weighted by molar-refractivity contribution is -0.139. The second-order valence-corrected chi connectivity index (χ2v) is 5.04. The number of carboxylic acid groups (broad SMARTS) is 1. The summed E-state index contributed by atoms with van der Waals surface area (Å²) in [7, 11) is 0. The molecule has 1 amide bonds. The molecule has 0 aliphatic heterocycles. The van der Waals surface area contributed by atoms with E-state index in [9.17, 15) is 9.59 Å². The highest BCUT2D eigenvalue weighted by atomic mass is 35.5. The van der Waals surface area contributed by atoms with Gasteiger partial charge in [-0.2, -0.15) is 0 Å². The second-order valence-electron chi connectivity index (χ2n) is 3.62. The van der Waals surface area contributed by atoms with E-state index in [-0.39, 0.29) is 5.69 Å². The largest absolute Gasteiger partial charge is 0.479 e. The van der Waals surface area contributed by atoms with E-state index >= 15 is 0 Å². The lowest BCUT2D eigenvalue weighted by atomic mass is 10.2. The van der Waals surface area contributed by atoms with Gasteiger partial charge in [-0.1, -0.05) is 17.7 Å². The van der Waals surface area contributed by atoms with Gasteiger partial charge in [0.05, 0.1) is 0 Å². The van der Waals surface area contributed by atoms with Gasteiger partial charge in [0.25, 0.3) is 5.91 Å². The van der Waals surface area contributed by atoms with Crippen molar-refractivity contribution in [1.82, 2.24) is 10.3 Å². The Hall–Kier alpha value is -1.92. The van der Waals surface area contributed by atoms with Gasteiger partial charge in [-0.3, -0.25) is 9.78 Å². The molecule has 0 bridgehead atoms. The molecule has 0 saturated carbocycles. The third kappa shape index (κ3) is 3.30. The number of carboxylic acids is 1. The van der Waals surface area contributed by atoms with Crippen molar-refractivity contribution in [3.8, 4) is 0 Å². The highest BCUT2D eigenvalue weighted by Gasteiger charge is 2.24. The van der Waals surface area contributed by atoms with Gasteiger partial charge >= 0.3 is 5.97 Å². The summed E-state index contributed by atoms with van der Waals surface area (Å²) in [6.07, 6.45) is 1.39. The fourth-order valence-corrected chi connectivity index (χ4v) is 2.37. The van der Waals surface area contributed by atoms with Crippen molar-refractivity contribution in [3.05, 3.63) is 51.4 Å². The van der Waals surface area contributed by atoms with Gasteiger partial charge in [-0.25, -0.2) is 4.79 Å². The van der Waals surface area contributed by atoms with E-state index in [2.05, 4.69) is 10.3 Å². The van der Waals surface area contributed by atoms with E-state index in [1.54, 1.807) is 17.5 Å². The zero-order valence-electron chi connectivity index (χ0n) is 9.54. The van der Waals surface area contributed by atoms with Crippen LogP contribution in [0.3, 0.4) is 0 Å². The molecule has 19 heavy (non-hydrogen) atoms. The van der Waals surface area contributed by atoms with E-state index < -0.39 is 17.9 Å². The Labute approximate surface area is 117 Å². The van der Waals surface area contributed by atoms with Gasteiger partial charge in [0.1, 0.15) is 5.69 Å². The van der Waals surface area contributed by atoms with E-state index in [4.69, 9.17) is 16.7 Å². The van der Waals surface area contributed by atoms with Gasteiger partial charge in [-0.05, 0) is 23.6 Å². The number of carbonyl (C=O) groups is 2. The quantitative estimate of drug-likeness (QED) is 0.907. The van der Waals surface area contributed by atoms with Gasteiger partial charge in [0, 0.05) is 16.1 Å². The van der Waals surface area contributed by atoms with Crippen molar-refractivity contribution < 1.29 is 14.7 Å². The van der Waals surface area contributed by atoms with Crippen LogP contribution in [0.2, 0.25) is 5.02 Å². The Morgan fingerprint density at radius 2 is 2.21 bits per heavy atom. The number of aliphatic carboxylic acids is 1. The number of nitrogens with zero attached hydrogens (tertiary/aromatic N) is 1. The van der Waals surface area contributed by atoms with Crippen molar-refractivity contribution in [2.45, 2.75) is 6.04 Å². The number of hydrogen-bond donors (Lipinski definition) is 2. The molecule has 1 atom stereocenters. The van der Waals surface area contributed by atoms with Crippen LogP contribution in [0.1, 0.15) is 21.4 Å². The molecule has 0 aromatic carbocycles. The zero-order chi connectivity index (χ0) is 13.8. The summed E-state index contributed by atoms with van der Waals surface area (Å²) in [6.45, 7) is 0. The van der Waals surface area contributed by atoms with Crippen molar-refractivity contribution >= 4 is 34.8 Å². The number of carbonyl (C=O) groups excluding carboxylic acids is 1. The molecule has 0 saturated heterocycles. The normalized spacial score (nSPS) is 11.8. The van der Waals surface area contributed by atoms with Crippen LogP contribution >= 0.6 is 22.9 Å². The lowest BCUT2D eigenvalue weighted by Crippen LogP contribution is -2.33. The number of halogens is 1. The predicted octanol–water partition coefficient (Wildman–Crippen LogP) is 2.35. The monoisotopic (exact) mass is 296 g/mol. The molecular formula is C12H9ClN2O3S. The molecule has 2 aromatic heterocycles. The summed E-state index contributed by atoms with van der Waals surface area (Å²) in [4.78, 5) is 27.5. The molecule has 98 valence electrons. The maximum Gasteiger partial charge on any atom is 0.331 e. The summed E-state index contributed by atoms with van der Waals surface area (Å²) in [5.74, 6) is -1.71. The first-order valence-electron chi connectivity index (χ1n) is 5.26. The topological polar surface area (TPSA) is 79.3 Å². The van der Waals surface area contributed by atoms with Crippen LogP contribution in [0.5, 0.6) is 0 Å². The van der Waals surface area contributed by atoms with Crippen LogP contribution < -0.4 is 5.32 Å². The Morgan fingerprint density at radius 3 is 2.79 bits per heavy atom. The highest BCUT2D eigenvalue weighted by molar-refractivity contribution is 7.10. The maximum absolute atomic E-state index is 11.9. The smallest absolute Gasteiger partial charge is 0.331 e. The van der Waals surface area contributed by atoms with Crippen LogP contribution in [0.25, 0.3) is 0 Å². The van der Waals surface area contributed by atoms with Gasteiger partial charge in [0.15, 0.2) is 6.04 Å². The Bertz CT molecular complexity index is 601. The molecule has 2 aromatic rings. The molecule has 2 N–H and O–H groups in total. The molecule has 5 nitrogen and oxygen atoms in total. The minimum atomic E-state index is -1.13. The van der Waals surface area contributed by atoms with Crippen LogP contribution in [-0.4, -0.2) is 22.0 Å². The number of pyridine rings is 1. The van der Waals surface area contributed by atoms with Crippen LogP contribution in [0, 0.1) is 0 Å². The number of aromatic nitrogens is 1. The minimum Gasteiger partial charge on any atom is -0.479 e. The van der Waals surface area contributed by atoms with Gasteiger partial charge in [0.2, 0.25) is 0 Å². The number of hydrogen-bond acceptors (Lipinski definition) is 4. The SMILES string of the molecule is O=C(NC(C(=O)O)c1cccs1)c1cc(Cl)ccn1. The maximum atomic E-state index is 11.9. The predicted molar refractivity (Wildman–Crippen MR) is 71.4 cm³/mol. The first-order chi connectivity index (χ1) is 9.08. The van der Waals surface area contributed by atoms with E-state index in [0.717, 1.165) is 0 Å². The third-order valence-electron chi connectivity index (χ3n) is 2.30. The van der Waals surface area contributed by atoms with Gasteiger partial charge < -0.3 is 10.4 Å². The average molecular weight is 297 g/mol. The van der Waals surface area contributed by atoms with Gasteiger partial charge in [-0.15, -0.1) is 11.3 Å². The van der Waals surface area contributed by atoms with Crippen molar-refractivity contribution in [1.29, 1.82) is 0 Å². The molecular weight excluding hydrogens is 288 g/mol. The first-order valence-corrected chi connectivity index (χ1v) is 6.52. The summed E-state index contributed by atoms with van der Waals surface area (Å²) < 4.78 is 0. The van der Waals surface area contributed by atoms with Crippen LogP contribution in [-0.2, 0) is 4.79 Å². The standard InChI is InChI=1S/C12H9ClN2O3S/c13-7-3-4-14-8(6-7)11(16)15-10(12(17)18)9-2-1-5-19-9/h1-6,10H,(H,15,16)(H,17,18). The molecule has 0 fully saturated rings. The number of nitrogens with one attached hydrogen (secondary N) is 1. The Morgan fingerprint density at radius 1 is 1.42 bits per heavy atom. The minimum absolute atomic E-state index is 0.0790. The fraction of sp³-hybridized carbons (Fsp3) is 0.0833.